The van der Waals surface area contributed by atoms with Crippen molar-refractivity contribution in [3.63, 3.8) is 0 Å². The number of anilines is 2. The van der Waals surface area contributed by atoms with E-state index in [2.05, 4.69) is 14.8 Å². The second-order valence-electron chi connectivity index (χ2n) is 9.23. The van der Waals surface area contributed by atoms with Gasteiger partial charge in [-0.25, -0.2) is 13.1 Å². The number of alkyl halides is 3. The molecule has 0 spiro atoms. The molecule has 0 saturated carbocycles. The number of halogens is 4. The first-order chi connectivity index (χ1) is 18.0. The highest BCUT2D eigenvalue weighted by Gasteiger charge is 2.40. The van der Waals surface area contributed by atoms with E-state index in [1.54, 1.807) is 6.07 Å². The van der Waals surface area contributed by atoms with Gasteiger partial charge >= 0.3 is 6.36 Å². The van der Waals surface area contributed by atoms with E-state index in [9.17, 15) is 26.7 Å². The van der Waals surface area contributed by atoms with Gasteiger partial charge in [0.05, 0.1) is 23.1 Å². The van der Waals surface area contributed by atoms with Gasteiger partial charge in [0.2, 0.25) is 10.0 Å². The molecule has 0 aliphatic carbocycles. The standard InChI is InChI=1S/C26H25ClF3N3O4S/c27-18-7-12-23-17(13-18)6-5-16-3-1-2-4-22(16)33(23)24-15-31-14-21(25(24)34)32-38(35,36)20-10-8-19(9-11-20)37-26(28,29)30/h1-4,7-13,21,24-25,31-32,34H,5-6,14-15H2/t21-,24+,25+/m0/s1. The average molecular weight is 568 g/mol. The van der Waals surface area contributed by atoms with Crippen LogP contribution in [-0.2, 0) is 22.9 Å². The Balaban J connectivity index is 1.42. The highest BCUT2D eigenvalue weighted by molar-refractivity contribution is 7.89. The van der Waals surface area contributed by atoms with Crippen LogP contribution in [0.15, 0.2) is 71.6 Å². The summed E-state index contributed by atoms with van der Waals surface area (Å²) >= 11 is 6.28. The topological polar surface area (TPSA) is 90.9 Å². The number of fused-ring (bicyclic) bond motifs is 2. The Kier molecular flexibility index (Phi) is 7.31. The molecule has 5 rings (SSSR count). The highest BCUT2D eigenvalue weighted by atomic mass is 35.5. The summed E-state index contributed by atoms with van der Waals surface area (Å²) in [6.45, 7) is 0.550. The molecule has 2 aliphatic rings. The molecular weight excluding hydrogens is 543 g/mol. The van der Waals surface area contributed by atoms with Crippen molar-refractivity contribution < 1.29 is 31.4 Å². The van der Waals surface area contributed by atoms with Crippen molar-refractivity contribution in [3.05, 3.63) is 82.9 Å². The van der Waals surface area contributed by atoms with E-state index < -0.39 is 40.3 Å². The van der Waals surface area contributed by atoms with Crippen LogP contribution < -0.4 is 19.7 Å². The molecule has 3 aromatic carbocycles. The minimum absolute atomic E-state index is 0.162. The number of aliphatic hydroxyl groups excluding tert-OH is 1. The van der Waals surface area contributed by atoms with Gasteiger partial charge in [-0.1, -0.05) is 29.8 Å². The lowest BCUT2D eigenvalue weighted by molar-refractivity contribution is -0.274. The predicted molar refractivity (Wildman–Crippen MR) is 137 cm³/mol. The van der Waals surface area contributed by atoms with Gasteiger partial charge in [0.15, 0.2) is 0 Å². The number of para-hydroxylation sites is 1. The first-order valence-electron chi connectivity index (χ1n) is 11.9. The van der Waals surface area contributed by atoms with E-state index in [1.165, 1.54) is 0 Å². The summed E-state index contributed by atoms with van der Waals surface area (Å²) in [7, 11) is -4.16. The number of piperidine rings is 1. The molecule has 7 nitrogen and oxygen atoms in total. The lowest BCUT2D eigenvalue weighted by atomic mass is 9.96. The van der Waals surface area contributed by atoms with Crippen molar-refractivity contribution in [1.82, 2.24) is 10.0 Å². The van der Waals surface area contributed by atoms with Crippen molar-refractivity contribution in [1.29, 1.82) is 0 Å². The molecule has 2 aliphatic heterocycles. The van der Waals surface area contributed by atoms with Crippen LogP contribution in [0.3, 0.4) is 0 Å². The quantitative estimate of drug-likeness (QED) is 0.429. The zero-order valence-corrected chi connectivity index (χ0v) is 21.5. The summed E-state index contributed by atoms with van der Waals surface area (Å²) in [5.41, 5.74) is 3.91. The molecule has 2 heterocycles. The van der Waals surface area contributed by atoms with E-state index >= 15 is 0 Å². The lowest BCUT2D eigenvalue weighted by Crippen LogP contribution is -2.64. The minimum atomic E-state index is -4.89. The van der Waals surface area contributed by atoms with Gasteiger partial charge in [-0.15, -0.1) is 13.2 Å². The summed E-state index contributed by atoms with van der Waals surface area (Å²) < 4.78 is 69.8. The molecule has 0 aromatic heterocycles. The fraction of sp³-hybridized carbons (Fsp3) is 0.308. The number of benzene rings is 3. The Morgan fingerprint density at radius 2 is 1.66 bits per heavy atom. The zero-order chi connectivity index (χ0) is 27.1. The maximum Gasteiger partial charge on any atom is 0.573 e. The van der Waals surface area contributed by atoms with Gasteiger partial charge in [-0.2, -0.15) is 0 Å². The third-order valence-electron chi connectivity index (χ3n) is 6.75. The Morgan fingerprint density at radius 1 is 0.974 bits per heavy atom. The normalized spacial score (nSPS) is 21.8. The predicted octanol–water partition coefficient (Wildman–Crippen LogP) is 4.16. The Hall–Kier alpha value is -2.83. The van der Waals surface area contributed by atoms with E-state index in [0.29, 0.717) is 11.6 Å². The Bertz CT molecular complexity index is 1420. The molecule has 202 valence electrons. The van der Waals surface area contributed by atoms with Crippen molar-refractivity contribution in [2.24, 2.45) is 0 Å². The molecule has 12 heteroatoms. The SMILES string of the molecule is O=S(=O)(N[C@H]1CNC[C@@H](N2c3ccccc3CCc3cc(Cl)ccc32)[C@@H]1O)c1ccc(OC(F)(F)F)cc1. The van der Waals surface area contributed by atoms with Crippen LogP contribution in [0.1, 0.15) is 11.1 Å². The number of aliphatic hydroxyl groups is 1. The van der Waals surface area contributed by atoms with Gasteiger partial charge in [-0.3, -0.25) is 0 Å². The smallest absolute Gasteiger partial charge is 0.406 e. The first-order valence-corrected chi connectivity index (χ1v) is 13.8. The monoisotopic (exact) mass is 567 g/mol. The van der Waals surface area contributed by atoms with Crippen molar-refractivity contribution >= 4 is 33.0 Å². The maximum absolute atomic E-state index is 13.1. The molecule has 3 N–H and O–H groups in total. The summed E-state index contributed by atoms with van der Waals surface area (Å²) in [4.78, 5) is 1.79. The minimum Gasteiger partial charge on any atom is -0.406 e. The van der Waals surface area contributed by atoms with Gasteiger partial charge < -0.3 is 20.1 Å². The van der Waals surface area contributed by atoms with Crippen LogP contribution in [0.5, 0.6) is 5.75 Å². The van der Waals surface area contributed by atoms with Crippen molar-refractivity contribution in [2.75, 3.05) is 18.0 Å². The van der Waals surface area contributed by atoms with E-state index in [4.69, 9.17) is 11.6 Å². The summed E-state index contributed by atoms with van der Waals surface area (Å²) in [6, 6.07) is 15.9. The van der Waals surface area contributed by atoms with Crippen LogP contribution >= 0.6 is 11.6 Å². The first kappa shape index (κ1) is 26.8. The molecule has 0 amide bonds. The number of hydrogen-bond donors (Lipinski definition) is 3. The molecule has 0 unspecified atom stereocenters. The maximum atomic E-state index is 13.1. The highest BCUT2D eigenvalue weighted by Crippen LogP contribution is 2.40. The number of aryl methyl sites for hydroxylation is 2. The number of rotatable bonds is 5. The van der Waals surface area contributed by atoms with Gasteiger partial charge in [0.1, 0.15) is 5.75 Å². The second-order valence-corrected chi connectivity index (χ2v) is 11.4. The van der Waals surface area contributed by atoms with Crippen LogP contribution in [-0.4, -0.2) is 51.2 Å². The number of nitrogens with zero attached hydrogens (tertiary/aromatic N) is 1. The van der Waals surface area contributed by atoms with Crippen LogP contribution in [0.4, 0.5) is 24.5 Å². The van der Waals surface area contributed by atoms with Gasteiger partial charge in [0.25, 0.3) is 0 Å². The molecule has 3 aromatic rings. The Labute approximate surface area is 223 Å². The van der Waals surface area contributed by atoms with Gasteiger partial charge in [0, 0.05) is 29.5 Å². The van der Waals surface area contributed by atoms with E-state index in [1.807, 2.05) is 41.3 Å². The molecule has 1 saturated heterocycles. The number of sulfonamides is 1. The number of ether oxygens (including phenoxy) is 1. The molecule has 0 radical (unpaired) electrons. The van der Waals surface area contributed by atoms with Gasteiger partial charge in [-0.05, 0) is 72.5 Å². The number of hydrogen-bond acceptors (Lipinski definition) is 6. The molecule has 0 bridgehead atoms. The third kappa shape index (κ3) is 5.62. The zero-order valence-electron chi connectivity index (χ0n) is 20.0. The van der Waals surface area contributed by atoms with E-state index in [0.717, 1.165) is 59.6 Å². The summed E-state index contributed by atoms with van der Waals surface area (Å²) in [5.74, 6) is -0.533. The molecule has 38 heavy (non-hydrogen) atoms. The number of nitrogens with one attached hydrogen (secondary N) is 2. The summed E-state index contributed by atoms with van der Waals surface area (Å²) in [5, 5.41) is 15.3. The molecule has 3 atom stereocenters. The van der Waals surface area contributed by atoms with Crippen LogP contribution in [0, 0.1) is 0 Å². The Morgan fingerprint density at radius 3 is 2.39 bits per heavy atom. The molecular formula is C26H25ClF3N3O4S. The average Bonchev–Trinajstić information content (AvgIpc) is 3.01. The lowest BCUT2D eigenvalue weighted by Gasteiger charge is -2.43. The second kappa shape index (κ2) is 10.4. The third-order valence-corrected chi connectivity index (χ3v) is 8.49. The fourth-order valence-corrected chi connectivity index (χ4v) is 6.49. The molecule has 1 fully saturated rings. The van der Waals surface area contributed by atoms with Crippen molar-refractivity contribution in [2.45, 2.75) is 42.3 Å². The van der Waals surface area contributed by atoms with Crippen molar-refractivity contribution in [3.8, 4) is 5.75 Å². The fourth-order valence-electron chi connectivity index (χ4n) is 5.04. The van der Waals surface area contributed by atoms with Crippen LogP contribution in [0.25, 0.3) is 0 Å². The van der Waals surface area contributed by atoms with E-state index in [-0.39, 0.29) is 11.4 Å². The summed E-state index contributed by atoms with van der Waals surface area (Å²) in [6.07, 6.45) is -4.47. The largest absolute Gasteiger partial charge is 0.573 e. The van der Waals surface area contributed by atoms with Crippen LogP contribution in [0.2, 0.25) is 5.02 Å².